The van der Waals surface area contributed by atoms with E-state index in [0.717, 1.165) is 4.47 Å². The van der Waals surface area contributed by atoms with Crippen LogP contribution in [0.2, 0.25) is 0 Å². The van der Waals surface area contributed by atoms with Crippen molar-refractivity contribution in [1.82, 2.24) is 5.32 Å². The summed E-state index contributed by atoms with van der Waals surface area (Å²) in [7, 11) is 1.52. The normalized spacial score (nSPS) is 11.7. The van der Waals surface area contributed by atoms with Crippen molar-refractivity contribution in [3.63, 3.8) is 0 Å². The van der Waals surface area contributed by atoms with E-state index in [1.165, 1.54) is 7.05 Å². The monoisotopic (exact) mass is 263 g/mol. The van der Waals surface area contributed by atoms with Crippen LogP contribution in [0.4, 0.5) is 8.78 Å². The zero-order valence-corrected chi connectivity index (χ0v) is 9.44. The first-order chi connectivity index (χ1) is 6.53. The van der Waals surface area contributed by atoms with E-state index >= 15 is 0 Å². The molecule has 0 unspecified atom stereocenters. The number of nitrogens with one attached hydrogen (secondary N) is 1. The molecule has 0 aliphatic carbocycles. The van der Waals surface area contributed by atoms with Crippen molar-refractivity contribution in [2.75, 3.05) is 13.6 Å². The molecule has 0 saturated carbocycles. The van der Waals surface area contributed by atoms with Gasteiger partial charge in [-0.15, -0.1) is 0 Å². The van der Waals surface area contributed by atoms with E-state index in [9.17, 15) is 8.78 Å². The molecule has 4 heteroatoms. The van der Waals surface area contributed by atoms with E-state index in [2.05, 4.69) is 21.2 Å². The van der Waals surface area contributed by atoms with Gasteiger partial charge in [0.1, 0.15) is 0 Å². The lowest BCUT2D eigenvalue weighted by atomic mass is 10.1. The molecule has 78 valence electrons. The summed E-state index contributed by atoms with van der Waals surface area (Å²) in [5, 5.41) is 2.48. The third-order valence-electron chi connectivity index (χ3n) is 1.79. The Kier molecular flexibility index (Phi) is 4.01. The summed E-state index contributed by atoms with van der Waals surface area (Å²) in [5.74, 6) is -2.68. The predicted molar refractivity (Wildman–Crippen MR) is 56.7 cm³/mol. The number of rotatable bonds is 4. The van der Waals surface area contributed by atoms with E-state index in [0.29, 0.717) is 5.56 Å². The van der Waals surface area contributed by atoms with E-state index < -0.39 is 5.92 Å². The SMILES string of the molecule is CNCC(F)(F)Cc1cccc(Br)c1. The van der Waals surface area contributed by atoms with Crippen molar-refractivity contribution < 1.29 is 8.78 Å². The number of benzene rings is 1. The summed E-state index contributed by atoms with van der Waals surface area (Å²) in [5.41, 5.74) is 0.639. The molecule has 0 aromatic heterocycles. The Balaban J connectivity index is 2.68. The Labute approximate surface area is 90.6 Å². The van der Waals surface area contributed by atoms with Gasteiger partial charge in [0.2, 0.25) is 0 Å². The fraction of sp³-hybridized carbons (Fsp3) is 0.400. The molecule has 0 fully saturated rings. The molecular formula is C10H12BrF2N. The van der Waals surface area contributed by atoms with Gasteiger partial charge in [0.05, 0.1) is 6.54 Å². The van der Waals surface area contributed by atoms with Crippen LogP contribution in [0.5, 0.6) is 0 Å². The van der Waals surface area contributed by atoms with Gasteiger partial charge in [0.15, 0.2) is 0 Å². The summed E-state index contributed by atoms with van der Waals surface area (Å²) in [6.45, 7) is -0.292. The van der Waals surface area contributed by atoms with Crippen LogP contribution in [0.1, 0.15) is 5.56 Å². The van der Waals surface area contributed by atoms with Crippen LogP contribution in [0.15, 0.2) is 28.7 Å². The molecule has 0 bridgehead atoms. The average Bonchev–Trinajstić information content (AvgIpc) is 2.02. The van der Waals surface area contributed by atoms with Gasteiger partial charge in [-0.05, 0) is 24.7 Å². The summed E-state index contributed by atoms with van der Waals surface area (Å²) in [6.07, 6.45) is -0.229. The molecule has 0 amide bonds. The fourth-order valence-corrected chi connectivity index (χ4v) is 1.71. The highest BCUT2D eigenvalue weighted by Gasteiger charge is 2.27. The Morgan fingerprint density at radius 2 is 2.14 bits per heavy atom. The Bertz CT molecular complexity index is 302. The minimum Gasteiger partial charge on any atom is -0.314 e. The molecule has 1 aromatic rings. The van der Waals surface area contributed by atoms with Crippen molar-refractivity contribution >= 4 is 15.9 Å². The van der Waals surface area contributed by atoms with Gasteiger partial charge in [-0.25, -0.2) is 8.78 Å². The highest BCUT2D eigenvalue weighted by atomic mass is 79.9. The molecule has 0 aliphatic heterocycles. The first-order valence-electron chi connectivity index (χ1n) is 4.30. The van der Waals surface area contributed by atoms with Crippen LogP contribution in [-0.2, 0) is 6.42 Å². The lowest BCUT2D eigenvalue weighted by Gasteiger charge is -2.15. The molecule has 0 atom stereocenters. The van der Waals surface area contributed by atoms with Gasteiger partial charge in [0.25, 0.3) is 5.92 Å². The molecule has 0 saturated heterocycles. The number of alkyl halides is 2. The maximum absolute atomic E-state index is 13.2. The van der Waals surface area contributed by atoms with E-state index in [1.807, 2.05) is 6.07 Å². The van der Waals surface area contributed by atoms with E-state index in [-0.39, 0.29) is 13.0 Å². The topological polar surface area (TPSA) is 12.0 Å². The molecule has 0 aliphatic rings. The molecule has 0 spiro atoms. The number of hydrogen-bond acceptors (Lipinski definition) is 1. The number of hydrogen-bond donors (Lipinski definition) is 1. The average molecular weight is 264 g/mol. The molecule has 1 nitrogen and oxygen atoms in total. The fourth-order valence-electron chi connectivity index (χ4n) is 1.27. The third kappa shape index (κ3) is 3.72. The second-order valence-corrected chi connectivity index (χ2v) is 4.11. The maximum Gasteiger partial charge on any atom is 0.264 e. The van der Waals surface area contributed by atoms with Gasteiger partial charge in [-0.1, -0.05) is 28.1 Å². The van der Waals surface area contributed by atoms with Crippen molar-refractivity contribution in [1.29, 1.82) is 0 Å². The first-order valence-corrected chi connectivity index (χ1v) is 5.10. The smallest absolute Gasteiger partial charge is 0.264 e. The quantitative estimate of drug-likeness (QED) is 0.881. The van der Waals surface area contributed by atoms with Crippen molar-refractivity contribution in [3.8, 4) is 0 Å². The largest absolute Gasteiger partial charge is 0.314 e. The minimum atomic E-state index is -2.68. The Morgan fingerprint density at radius 3 is 2.71 bits per heavy atom. The molecule has 0 heterocycles. The summed E-state index contributed by atoms with van der Waals surface area (Å²) in [4.78, 5) is 0. The second kappa shape index (κ2) is 4.84. The third-order valence-corrected chi connectivity index (χ3v) is 2.28. The van der Waals surface area contributed by atoms with E-state index in [1.54, 1.807) is 18.2 Å². The highest BCUT2D eigenvalue weighted by Crippen LogP contribution is 2.21. The second-order valence-electron chi connectivity index (χ2n) is 3.19. The van der Waals surface area contributed by atoms with Gasteiger partial charge >= 0.3 is 0 Å². The van der Waals surface area contributed by atoms with Crippen molar-refractivity contribution in [2.24, 2.45) is 0 Å². The number of halogens is 3. The van der Waals surface area contributed by atoms with Crippen LogP contribution in [0, 0.1) is 0 Å². The van der Waals surface area contributed by atoms with Crippen LogP contribution in [0.25, 0.3) is 0 Å². The molecule has 1 aromatic carbocycles. The van der Waals surface area contributed by atoms with Gasteiger partial charge in [-0.3, -0.25) is 0 Å². The van der Waals surface area contributed by atoms with Gasteiger partial charge in [-0.2, -0.15) is 0 Å². The van der Waals surface area contributed by atoms with Crippen molar-refractivity contribution in [2.45, 2.75) is 12.3 Å². The summed E-state index contributed by atoms with van der Waals surface area (Å²) >= 11 is 3.25. The lowest BCUT2D eigenvalue weighted by molar-refractivity contribution is 0.00450. The first kappa shape index (κ1) is 11.6. The van der Waals surface area contributed by atoms with Gasteiger partial charge < -0.3 is 5.32 Å². The van der Waals surface area contributed by atoms with Crippen LogP contribution < -0.4 is 5.32 Å². The van der Waals surface area contributed by atoms with Crippen LogP contribution >= 0.6 is 15.9 Å². The zero-order valence-electron chi connectivity index (χ0n) is 7.86. The van der Waals surface area contributed by atoms with Crippen molar-refractivity contribution in [3.05, 3.63) is 34.3 Å². The molecular weight excluding hydrogens is 252 g/mol. The summed E-state index contributed by atoms with van der Waals surface area (Å²) in [6, 6.07) is 6.99. The molecule has 14 heavy (non-hydrogen) atoms. The van der Waals surface area contributed by atoms with Crippen LogP contribution in [-0.4, -0.2) is 19.5 Å². The minimum absolute atomic E-state index is 0.229. The van der Waals surface area contributed by atoms with Gasteiger partial charge in [0, 0.05) is 10.9 Å². The van der Waals surface area contributed by atoms with Crippen LogP contribution in [0.3, 0.4) is 0 Å². The highest BCUT2D eigenvalue weighted by molar-refractivity contribution is 9.10. The Hall–Kier alpha value is -0.480. The molecule has 1 N–H and O–H groups in total. The Morgan fingerprint density at radius 1 is 1.43 bits per heavy atom. The molecule has 1 rings (SSSR count). The summed E-state index contributed by atoms with van der Waals surface area (Å²) < 4.78 is 27.2. The standard InChI is InChI=1S/C10H12BrF2N/c1-14-7-10(12,13)6-8-3-2-4-9(11)5-8/h2-5,14H,6-7H2,1H3. The molecule has 0 radical (unpaired) electrons. The maximum atomic E-state index is 13.2. The zero-order chi connectivity index (χ0) is 10.6. The lowest BCUT2D eigenvalue weighted by Crippen LogP contribution is -2.32. The van der Waals surface area contributed by atoms with E-state index in [4.69, 9.17) is 0 Å². The predicted octanol–water partition coefficient (Wildman–Crippen LogP) is 2.85.